The van der Waals surface area contributed by atoms with Crippen LogP contribution in [-0.2, 0) is 23.1 Å². The third kappa shape index (κ3) is 1.80. The number of ether oxygens (including phenoxy) is 2. The topological polar surface area (TPSA) is 52.6 Å². The van der Waals surface area contributed by atoms with Gasteiger partial charge >= 0.3 is 11.9 Å². The normalized spacial score (nSPS) is 31.0. The van der Waals surface area contributed by atoms with Crippen molar-refractivity contribution in [3.8, 4) is 0 Å². The van der Waals surface area contributed by atoms with Gasteiger partial charge in [0.2, 0.25) is 0 Å². The number of benzene rings is 1. The van der Waals surface area contributed by atoms with Crippen molar-refractivity contribution in [2.45, 2.75) is 17.1 Å². The predicted molar refractivity (Wildman–Crippen MR) is 85.5 cm³/mol. The molecular weight excluding hydrogens is 320 g/mol. The fourth-order valence-electron chi connectivity index (χ4n) is 3.73. The summed E-state index contributed by atoms with van der Waals surface area (Å²) >= 11 is 3.53. The molecule has 1 spiro atoms. The predicted octanol–water partition coefficient (Wildman–Crippen LogP) is 2.73. The van der Waals surface area contributed by atoms with E-state index in [-0.39, 0.29) is 11.9 Å². The van der Waals surface area contributed by atoms with Crippen molar-refractivity contribution in [3.05, 3.63) is 35.4 Å². The van der Waals surface area contributed by atoms with Crippen molar-refractivity contribution in [3.63, 3.8) is 0 Å². The molecular formula is C16H16O4S2. The molecule has 3 atom stereocenters. The van der Waals surface area contributed by atoms with Crippen molar-refractivity contribution in [1.29, 1.82) is 0 Å². The first-order valence-electron chi connectivity index (χ1n) is 7.43. The van der Waals surface area contributed by atoms with Crippen LogP contribution in [0.4, 0.5) is 0 Å². The second-order valence-corrected chi connectivity index (χ2v) is 8.50. The zero-order valence-electron chi connectivity index (χ0n) is 12.1. The zero-order valence-corrected chi connectivity index (χ0v) is 13.7. The molecule has 0 N–H and O–H groups in total. The molecule has 1 aromatic rings. The maximum Gasteiger partial charge on any atom is 0.314 e. The van der Waals surface area contributed by atoms with Crippen molar-refractivity contribution >= 4 is 35.5 Å². The summed E-state index contributed by atoms with van der Waals surface area (Å²) < 4.78 is 10.4. The molecule has 2 heterocycles. The van der Waals surface area contributed by atoms with E-state index in [1.807, 2.05) is 18.2 Å². The van der Waals surface area contributed by atoms with Gasteiger partial charge in [0.15, 0.2) is 0 Å². The Morgan fingerprint density at radius 1 is 1.36 bits per heavy atom. The Bertz CT molecular complexity index is 639. The molecule has 2 aliphatic heterocycles. The van der Waals surface area contributed by atoms with Gasteiger partial charge in [-0.3, -0.25) is 9.59 Å². The smallest absolute Gasteiger partial charge is 0.314 e. The Morgan fingerprint density at radius 2 is 2.09 bits per heavy atom. The van der Waals surface area contributed by atoms with Gasteiger partial charge in [0, 0.05) is 11.5 Å². The van der Waals surface area contributed by atoms with E-state index in [2.05, 4.69) is 6.07 Å². The molecule has 2 fully saturated rings. The highest BCUT2D eigenvalue weighted by Gasteiger charge is 2.66. The van der Waals surface area contributed by atoms with E-state index in [4.69, 9.17) is 9.47 Å². The van der Waals surface area contributed by atoms with Gasteiger partial charge in [-0.1, -0.05) is 24.3 Å². The van der Waals surface area contributed by atoms with Crippen LogP contribution in [0, 0.1) is 11.8 Å². The van der Waals surface area contributed by atoms with E-state index in [0.29, 0.717) is 6.61 Å². The summed E-state index contributed by atoms with van der Waals surface area (Å²) in [7, 11) is 0. The number of thioether (sulfide) groups is 2. The molecule has 4 nitrogen and oxygen atoms in total. The zero-order chi connectivity index (χ0) is 15.3. The molecule has 2 saturated heterocycles. The molecule has 0 unspecified atom stereocenters. The van der Waals surface area contributed by atoms with Crippen LogP contribution < -0.4 is 0 Å². The highest BCUT2D eigenvalue weighted by atomic mass is 32.2. The molecule has 2 bridgehead atoms. The molecule has 1 aliphatic carbocycles. The van der Waals surface area contributed by atoms with Crippen molar-refractivity contribution in [2.24, 2.45) is 11.8 Å². The summed E-state index contributed by atoms with van der Waals surface area (Å²) in [6, 6.07) is 7.98. The monoisotopic (exact) mass is 336 g/mol. The van der Waals surface area contributed by atoms with Crippen molar-refractivity contribution in [1.82, 2.24) is 0 Å². The van der Waals surface area contributed by atoms with E-state index in [1.165, 1.54) is 0 Å². The van der Waals surface area contributed by atoms with E-state index in [1.54, 1.807) is 30.4 Å². The fraction of sp³-hybridized carbons (Fsp3) is 0.500. The Hall–Kier alpha value is -1.14. The van der Waals surface area contributed by atoms with Crippen molar-refractivity contribution in [2.75, 3.05) is 18.1 Å². The van der Waals surface area contributed by atoms with Gasteiger partial charge in [-0.15, -0.1) is 23.5 Å². The molecule has 1 aromatic carbocycles. The van der Waals surface area contributed by atoms with Gasteiger partial charge in [0.25, 0.3) is 0 Å². The summed E-state index contributed by atoms with van der Waals surface area (Å²) in [5.41, 5.74) is 2.11. The SMILES string of the molecule is CCOC(=O)[C@H]1[C@H]2OC(=O)[C@@H]1C1(SCCS1)c1ccccc12. The second-order valence-electron chi connectivity index (χ2n) is 5.56. The van der Waals surface area contributed by atoms with Gasteiger partial charge in [-0.05, 0) is 18.1 Å². The third-order valence-electron chi connectivity index (χ3n) is 4.51. The molecule has 0 radical (unpaired) electrons. The number of rotatable bonds is 2. The average molecular weight is 336 g/mol. The van der Waals surface area contributed by atoms with Gasteiger partial charge < -0.3 is 9.47 Å². The molecule has 22 heavy (non-hydrogen) atoms. The summed E-state index contributed by atoms with van der Waals surface area (Å²) in [5, 5.41) is 0. The van der Waals surface area contributed by atoms with Crippen LogP contribution in [0.2, 0.25) is 0 Å². The first kappa shape index (κ1) is 14.5. The van der Waals surface area contributed by atoms with E-state index >= 15 is 0 Å². The van der Waals surface area contributed by atoms with Gasteiger partial charge in [0.05, 0.1) is 6.61 Å². The highest BCUT2D eigenvalue weighted by molar-refractivity contribution is 8.20. The summed E-state index contributed by atoms with van der Waals surface area (Å²) in [6.07, 6.45) is -0.500. The number of hydrogen-bond acceptors (Lipinski definition) is 6. The van der Waals surface area contributed by atoms with E-state index in [9.17, 15) is 9.59 Å². The van der Waals surface area contributed by atoms with Gasteiger partial charge in [-0.2, -0.15) is 0 Å². The Kier molecular flexibility index (Phi) is 3.42. The van der Waals surface area contributed by atoms with E-state index in [0.717, 1.165) is 22.6 Å². The number of carbonyl (C=O) groups excluding carboxylic acids is 2. The van der Waals surface area contributed by atoms with E-state index < -0.39 is 22.0 Å². The number of fused-ring (bicyclic) bond motifs is 6. The Labute approximate surface area is 137 Å². The average Bonchev–Trinajstić information content (AvgIpc) is 3.10. The molecule has 0 amide bonds. The lowest BCUT2D eigenvalue weighted by atomic mass is 9.75. The van der Waals surface area contributed by atoms with Crippen LogP contribution in [0.25, 0.3) is 0 Å². The molecule has 4 rings (SSSR count). The summed E-state index contributed by atoms with van der Waals surface area (Å²) in [6.45, 7) is 2.10. The number of carbonyl (C=O) groups is 2. The number of hydrogen-bond donors (Lipinski definition) is 0. The minimum Gasteiger partial charge on any atom is -0.466 e. The Balaban J connectivity index is 1.90. The molecule has 0 aromatic heterocycles. The van der Waals surface area contributed by atoms with Gasteiger partial charge in [0.1, 0.15) is 22.0 Å². The third-order valence-corrected chi connectivity index (χ3v) is 8.10. The minimum absolute atomic E-state index is 0.263. The van der Waals surface area contributed by atoms with Crippen LogP contribution in [0.15, 0.2) is 24.3 Å². The van der Waals surface area contributed by atoms with Crippen LogP contribution in [0.5, 0.6) is 0 Å². The largest absolute Gasteiger partial charge is 0.466 e. The highest BCUT2D eigenvalue weighted by Crippen LogP contribution is 2.67. The maximum atomic E-state index is 12.5. The van der Waals surface area contributed by atoms with Crippen LogP contribution >= 0.6 is 23.5 Å². The van der Waals surface area contributed by atoms with Crippen LogP contribution in [-0.4, -0.2) is 30.1 Å². The molecule has 6 heteroatoms. The summed E-state index contributed by atoms with van der Waals surface area (Å²) in [4.78, 5) is 25.0. The van der Waals surface area contributed by atoms with Gasteiger partial charge in [-0.25, -0.2) is 0 Å². The lowest BCUT2D eigenvalue weighted by Crippen LogP contribution is -2.42. The molecule has 0 saturated carbocycles. The first-order chi connectivity index (χ1) is 10.7. The Morgan fingerprint density at radius 3 is 2.82 bits per heavy atom. The lowest BCUT2D eigenvalue weighted by molar-refractivity contribution is -0.151. The lowest BCUT2D eigenvalue weighted by Gasteiger charge is -2.40. The van der Waals surface area contributed by atoms with Crippen molar-refractivity contribution < 1.29 is 19.1 Å². The quantitative estimate of drug-likeness (QED) is 0.774. The summed E-state index contributed by atoms with van der Waals surface area (Å²) in [5.74, 6) is 0.391. The maximum absolute atomic E-state index is 12.5. The molecule has 116 valence electrons. The second kappa shape index (κ2) is 5.20. The van der Waals surface area contributed by atoms with Crippen LogP contribution in [0.3, 0.4) is 0 Å². The first-order valence-corrected chi connectivity index (χ1v) is 9.40. The fourth-order valence-corrected chi connectivity index (χ4v) is 7.37. The standard InChI is InChI=1S/C16H16O4S2/c1-2-19-14(17)11-12-15(18)20-13(11)9-5-3-4-6-10(9)16(12)21-7-8-22-16/h3-6,11-13H,2,7-8H2,1H3/t11-,12-,13+/m1/s1. The number of esters is 2. The minimum atomic E-state index is -0.527. The van der Waals surface area contributed by atoms with Crippen LogP contribution in [0.1, 0.15) is 24.2 Å². The molecule has 3 aliphatic rings.